The molecule has 2 fully saturated rings. The predicted octanol–water partition coefficient (Wildman–Crippen LogP) is 2.59. The quantitative estimate of drug-likeness (QED) is 0.876. The fourth-order valence-electron chi connectivity index (χ4n) is 4.37. The number of thiophene rings is 1. The molecule has 2 amide bonds. The molecule has 0 aliphatic carbocycles. The van der Waals surface area contributed by atoms with Crippen LogP contribution in [0.1, 0.15) is 53.3 Å². The summed E-state index contributed by atoms with van der Waals surface area (Å²) in [5.41, 5.74) is 6.68. The van der Waals surface area contributed by atoms with Gasteiger partial charge in [0.15, 0.2) is 0 Å². The lowest BCUT2D eigenvalue weighted by Gasteiger charge is -2.34. The van der Waals surface area contributed by atoms with E-state index in [1.807, 2.05) is 17.0 Å². The van der Waals surface area contributed by atoms with E-state index in [-0.39, 0.29) is 17.7 Å². The number of nitrogens with two attached hydrogens (primary N) is 1. The Balaban J connectivity index is 1.45. The van der Waals surface area contributed by atoms with Gasteiger partial charge in [0, 0.05) is 24.7 Å². The minimum Gasteiger partial charge on any atom is -0.365 e. The standard InChI is InChI=1S/C20H26N4O2S/c21-19(26)18-17(15-5-4-8-22-20(15)27-18)14-6-11-24(12-7-14)16(25)13-23-9-2-1-3-10-23/h4-5,8,14H,1-3,6-7,9-13H2,(H2,21,26). The topological polar surface area (TPSA) is 79.5 Å². The minimum atomic E-state index is -0.378. The summed E-state index contributed by atoms with van der Waals surface area (Å²) in [5.74, 6) is 0.114. The second-order valence-electron chi connectivity index (χ2n) is 7.56. The SMILES string of the molecule is NC(=O)c1sc2ncccc2c1C1CCN(C(=O)CN2CCCCC2)CC1. The number of pyridine rings is 1. The van der Waals surface area contributed by atoms with Crippen LogP contribution in [0, 0.1) is 0 Å². The van der Waals surface area contributed by atoms with Crippen molar-refractivity contribution in [1.29, 1.82) is 0 Å². The molecule has 0 saturated carbocycles. The molecule has 0 radical (unpaired) electrons. The molecule has 0 aromatic carbocycles. The van der Waals surface area contributed by atoms with E-state index in [4.69, 9.17) is 5.73 Å². The van der Waals surface area contributed by atoms with Gasteiger partial charge in [-0.1, -0.05) is 12.5 Å². The van der Waals surface area contributed by atoms with Gasteiger partial charge in [-0.2, -0.15) is 0 Å². The van der Waals surface area contributed by atoms with Gasteiger partial charge in [-0.25, -0.2) is 4.98 Å². The zero-order valence-electron chi connectivity index (χ0n) is 15.5. The van der Waals surface area contributed by atoms with Crippen molar-refractivity contribution in [2.45, 2.75) is 38.0 Å². The Morgan fingerprint density at radius 3 is 2.59 bits per heavy atom. The van der Waals surface area contributed by atoms with E-state index in [0.717, 1.165) is 54.8 Å². The first-order valence-electron chi connectivity index (χ1n) is 9.81. The lowest BCUT2D eigenvalue weighted by molar-refractivity contribution is -0.133. The summed E-state index contributed by atoms with van der Waals surface area (Å²) in [5, 5.41) is 1.04. The van der Waals surface area contributed by atoms with Crippen molar-refractivity contribution in [3.8, 4) is 0 Å². The fourth-order valence-corrected chi connectivity index (χ4v) is 5.45. The highest BCUT2D eigenvalue weighted by molar-refractivity contribution is 7.20. The number of carbonyl (C=O) groups excluding carboxylic acids is 2. The van der Waals surface area contributed by atoms with Crippen LogP contribution < -0.4 is 5.73 Å². The first kappa shape index (κ1) is 18.4. The van der Waals surface area contributed by atoms with E-state index in [2.05, 4.69) is 9.88 Å². The smallest absolute Gasteiger partial charge is 0.259 e. The number of rotatable bonds is 4. The maximum absolute atomic E-state index is 12.6. The number of amides is 2. The van der Waals surface area contributed by atoms with Crippen LogP contribution in [-0.2, 0) is 4.79 Å². The molecule has 6 nitrogen and oxygen atoms in total. The van der Waals surface area contributed by atoms with Crippen LogP contribution in [0.15, 0.2) is 18.3 Å². The van der Waals surface area contributed by atoms with E-state index >= 15 is 0 Å². The normalized spacial score (nSPS) is 19.5. The molecule has 2 N–H and O–H groups in total. The van der Waals surface area contributed by atoms with Crippen LogP contribution in [0.5, 0.6) is 0 Å². The number of carbonyl (C=O) groups is 2. The minimum absolute atomic E-state index is 0.238. The van der Waals surface area contributed by atoms with Crippen molar-refractivity contribution >= 4 is 33.4 Å². The molecule has 2 aromatic heterocycles. The molecule has 144 valence electrons. The number of nitrogens with zero attached hydrogens (tertiary/aromatic N) is 3. The third-order valence-electron chi connectivity index (χ3n) is 5.79. The predicted molar refractivity (Wildman–Crippen MR) is 107 cm³/mol. The number of fused-ring (bicyclic) bond motifs is 1. The molecule has 4 rings (SSSR count). The number of piperidine rings is 2. The maximum atomic E-state index is 12.6. The summed E-state index contributed by atoms with van der Waals surface area (Å²) >= 11 is 1.38. The monoisotopic (exact) mass is 386 g/mol. The molecule has 0 atom stereocenters. The molecule has 4 heterocycles. The van der Waals surface area contributed by atoms with Crippen molar-refractivity contribution in [1.82, 2.24) is 14.8 Å². The average Bonchev–Trinajstić information content (AvgIpc) is 3.09. The third-order valence-corrected chi connectivity index (χ3v) is 6.94. The zero-order chi connectivity index (χ0) is 18.8. The first-order chi connectivity index (χ1) is 13.1. The maximum Gasteiger partial charge on any atom is 0.259 e. The molecule has 2 saturated heterocycles. The second-order valence-corrected chi connectivity index (χ2v) is 8.56. The highest BCUT2D eigenvalue weighted by Gasteiger charge is 2.30. The number of hydrogen-bond donors (Lipinski definition) is 1. The molecular formula is C20H26N4O2S. The Morgan fingerprint density at radius 2 is 1.89 bits per heavy atom. The van der Waals surface area contributed by atoms with Crippen molar-refractivity contribution in [2.75, 3.05) is 32.7 Å². The van der Waals surface area contributed by atoms with Gasteiger partial charge in [0.1, 0.15) is 4.83 Å². The summed E-state index contributed by atoms with van der Waals surface area (Å²) in [6.07, 6.45) is 7.16. The van der Waals surface area contributed by atoms with Crippen molar-refractivity contribution in [3.63, 3.8) is 0 Å². The molecule has 0 bridgehead atoms. The highest BCUT2D eigenvalue weighted by atomic mass is 32.1. The molecule has 0 unspecified atom stereocenters. The Hall–Kier alpha value is -1.99. The Morgan fingerprint density at radius 1 is 1.15 bits per heavy atom. The van der Waals surface area contributed by atoms with E-state index in [1.165, 1.54) is 30.6 Å². The summed E-state index contributed by atoms with van der Waals surface area (Å²) in [7, 11) is 0. The molecule has 0 spiro atoms. The fraction of sp³-hybridized carbons (Fsp3) is 0.550. The molecule has 7 heteroatoms. The van der Waals surface area contributed by atoms with E-state index in [0.29, 0.717) is 11.4 Å². The highest BCUT2D eigenvalue weighted by Crippen LogP contribution is 2.39. The van der Waals surface area contributed by atoms with Crippen molar-refractivity contribution < 1.29 is 9.59 Å². The van der Waals surface area contributed by atoms with Crippen LogP contribution in [-0.4, -0.2) is 59.3 Å². The van der Waals surface area contributed by atoms with Gasteiger partial charge in [-0.05, 0) is 56.3 Å². The van der Waals surface area contributed by atoms with Crippen molar-refractivity contribution in [3.05, 3.63) is 28.8 Å². The number of aromatic nitrogens is 1. The van der Waals surface area contributed by atoms with E-state index < -0.39 is 0 Å². The summed E-state index contributed by atoms with van der Waals surface area (Å²) in [6.45, 7) is 4.11. The summed E-state index contributed by atoms with van der Waals surface area (Å²) in [6, 6.07) is 3.93. The van der Waals surface area contributed by atoms with Crippen molar-refractivity contribution in [2.24, 2.45) is 5.73 Å². The van der Waals surface area contributed by atoms with E-state index in [1.54, 1.807) is 6.20 Å². The average molecular weight is 387 g/mol. The van der Waals surface area contributed by atoms with Gasteiger partial charge in [-0.15, -0.1) is 11.3 Å². The molecular weight excluding hydrogens is 360 g/mol. The molecule has 2 aromatic rings. The van der Waals surface area contributed by atoms with Crippen LogP contribution in [0.4, 0.5) is 0 Å². The van der Waals surface area contributed by atoms with Crippen LogP contribution in [0.2, 0.25) is 0 Å². The van der Waals surface area contributed by atoms with Gasteiger partial charge in [0.2, 0.25) is 5.91 Å². The van der Waals surface area contributed by atoms with Gasteiger partial charge in [0.05, 0.1) is 11.4 Å². The molecule has 2 aliphatic heterocycles. The van der Waals surface area contributed by atoms with E-state index in [9.17, 15) is 9.59 Å². The Labute approximate surface area is 163 Å². The summed E-state index contributed by atoms with van der Waals surface area (Å²) in [4.78, 5) is 34.8. The largest absolute Gasteiger partial charge is 0.365 e. The Kier molecular flexibility index (Phi) is 5.41. The van der Waals surface area contributed by atoms with Gasteiger partial charge in [-0.3, -0.25) is 14.5 Å². The lowest BCUT2D eigenvalue weighted by atomic mass is 9.87. The van der Waals surface area contributed by atoms with Gasteiger partial charge < -0.3 is 10.6 Å². The Bertz CT molecular complexity index is 836. The lowest BCUT2D eigenvalue weighted by Crippen LogP contribution is -2.45. The van der Waals surface area contributed by atoms with Gasteiger partial charge in [0.25, 0.3) is 5.91 Å². The molecule has 2 aliphatic rings. The molecule has 27 heavy (non-hydrogen) atoms. The number of primary amides is 1. The first-order valence-corrected chi connectivity index (χ1v) is 10.6. The van der Waals surface area contributed by atoms with Crippen LogP contribution in [0.25, 0.3) is 10.2 Å². The summed E-state index contributed by atoms with van der Waals surface area (Å²) < 4.78 is 0. The van der Waals surface area contributed by atoms with Crippen LogP contribution >= 0.6 is 11.3 Å². The van der Waals surface area contributed by atoms with Crippen LogP contribution in [0.3, 0.4) is 0 Å². The number of likely N-dealkylation sites (tertiary alicyclic amines) is 2. The third kappa shape index (κ3) is 3.84. The zero-order valence-corrected chi connectivity index (χ0v) is 16.3. The van der Waals surface area contributed by atoms with Gasteiger partial charge >= 0.3 is 0 Å². The second kappa shape index (κ2) is 7.94. The number of hydrogen-bond acceptors (Lipinski definition) is 5.